The van der Waals surface area contributed by atoms with Crippen LogP contribution >= 0.6 is 0 Å². The van der Waals surface area contributed by atoms with E-state index in [-0.39, 0.29) is 0 Å². The van der Waals surface area contributed by atoms with Crippen molar-refractivity contribution in [2.24, 2.45) is 5.73 Å². The van der Waals surface area contributed by atoms with Crippen molar-refractivity contribution in [2.75, 3.05) is 6.61 Å². The van der Waals surface area contributed by atoms with Gasteiger partial charge in [0, 0.05) is 0 Å². The fourth-order valence-corrected chi connectivity index (χ4v) is 1.12. The summed E-state index contributed by atoms with van der Waals surface area (Å²) >= 11 is 0. The molecule has 6 nitrogen and oxygen atoms in total. The Kier molecular flexibility index (Phi) is 2.99. The van der Waals surface area contributed by atoms with E-state index in [0.717, 1.165) is 0 Å². The minimum absolute atomic E-state index is 0.470. The molecular weight excluding hydrogens is 167 g/mol. The molecule has 0 radical (unpaired) electrons. The molecule has 5 atom stereocenters. The molecule has 0 spiro atoms. The standard InChI is InChI=1S/C6H13NO5/c7-3-5(10)4(9)2(1-8)12-6(3)11/h2-6,8-11H,1,7H2/t2-,3-,4-,5-,6?/m1/s1/i7+1. The molecule has 0 aromatic carbocycles. The zero-order chi connectivity index (χ0) is 9.30. The van der Waals surface area contributed by atoms with E-state index in [1.807, 2.05) is 0 Å². The summed E-state index contributed by atoms with van der Waals surface area (Å²) in [7, 11) is 0. The summed E-state index contributed by atoms with van der Waals surface area (Å²) in [5, 5.41) is 36.1. The predicted molar refractivity (Wildman–Crippen MR) is 38.0 cm³/mol. The van der Waals surface area contributed by atoms with Crippen molar-refractivity contribution < 1.29 is 25.2 Å². The number of ether oxygens (including phenoxy) is 1. The lowest BCUT2D eigenvalue weighted by Crippen LogP contribution is -2.61. The van der Waals surface area contributed by atoms with Crippen molar-refractivity contribution >= 4 is 0 Å². The molecule has 0 aromatic rings. The second-order valence-electron chi connectivity index (χ2n) is 2.81. The van der Waals surface area contributed by atoms with Crippen molar-refractivity contribution in [1.82, 2.24) is 0 Å². The molecule has 0 amide bonds. The third-order valence-electron chi connectivity index (χ3n) is 1.95. The summed E-state index contributed by atoms with van der Waals surface area (Å²) in [5.74, 6) is 0. The Labute approximate surface area is 69.2 Å². The average molecular weight is 180 g/mol. The number of hydrogen-bond donors (Lipinski definition) is 5. The number of aliphatic hydroxyl groups is 4. The summed E-state index contributed by atoms with van der Waals surface area (Å²) in [6, 6.07) is -1.04. The van der Waals surface area contributed by atoms with Gasteiger partial charge in [-0.2, -0.15) is 0 Å². The number of rotatable bonds is 1. The fourth-order valence-electron chi connectivity index (χ4n) is 1.12. The molecule has 1 fully saturated rings. The van der Waals surface area contributed by atoms with E-state index in [0.29, 0.717) is 0 Å². The van der Waals surface area contributed by atoms with E-state index in [1.54, 1.807) is 0 Å². The van der Waals surface area contributed by atoms with Crippen LogP contribution in [0.2, 0.25) is 0 Å². The largest absolute Gasteiger partial charge is 0.394 e. The highest BCUT2D eigenvalue weighted by Gasteiger charge is 2.41. The molecule has 0 bridgehead atoms. The Balaban J connectivity index is 2.63. The molecule has 6 heteroatoms. The lowest BCUT2D eigenvalue weighted by molar-refractivity contribution is -0.248. The van der Waals surface area contributed by atoms with Gasteiger partial charge >= 0.3 is 0 Å². The monoisotopic (exact) mass is 180 g/mol. The maximum Gasteiger partial charge on any atom is 0.173 e. The highest BCUT2D eigenvalue weighted by atomic mass is 16.6. The molecule has 1 rings (SSSR count). The highest BCUT2D eigenvalue weighted by Crippen LogP contribution is 2.17. The van der Waals surface area contributed by atoms with Gasteiger partial charge in [0.05, 0.1) is 12.6 Å². The fraction of sp³-hybridized carbons (Fsp3) is 1.00. The smallest absolute Gasteiger partial charge is 0.173 e. The van der Waals surface area contributed by atoms with Crippen LogP contribution in [0.5, 0.6) is 0 Å². The minimum atomic E-state index is -1.35. The molecule has 1 aliphatic rings. The number of hydrogen-bond acceptors (Lipinski definition) is 6. The minimum Gasteiger partial charge on any atom is -0.394 e. The average Bonchev–Trinajstić information content (AvgIpc) is 2.08. The van der Waals surface area contributed by atoms with Gasteiger partial charge in [0.2, 0.25) is 0 Å². The quantitative estimate of drug-likeness (QED) is 0.270. The molecule has 12 heavy (non-hydrogen) atoms. The summed E-state index contributed by atoms with van der Waals surface area (Å²) < 4.78 is 4.70. The lowest BCUT2D eigenvalue weighted by Gasteiger charge is -2.38. The van der Waals surface area contributed by atoms with Gasteiger partial charge in [-0.05, 0) is 0 Å². The number of aliphatic hydroxyl groups excluding tert-OH is 4. The van der Waals surface area contributed by atoms with E-state index in [9.17, 15) is 10.2 Å². The Hall–Kier alpha value is -0.240. The Morgan fingerprint density at radius 2 is 1.75 bits per heavy atom. The Morgan fingerprint density at radius 3 is 2.25 bits per heavy atom. The maximum atomic E-state index is 9.20. The van der Waals surface area contributed by atoms with Crippen LogP contribution in [0.3, 0.4) is 0 Å². The maximum absolute atomic E-state index is 9.20. The van der Waals surface area contributed by atoms with Crippen molar-refractivity contribution in [3.63, 3.8) is 0 Å². The van der Waals surface area contributed by atoms with Crippen LogP contribution in [0.25, 0.3) is 0 Å². The van der Waals surface area contributed by atoms with Crippen LogP contribution in [0.4, 0.5) is 0 Å². The highest BCUT2D eigenvalue weighted by molar-refractivity contribution is 4.90. The third-order valence-corrected chi connectivity index (χ3v) is 1.95. The van der Waals surface area contributed by atoms with Gasteiger partial charge in [0.15, 0.2) is 6.29 Å². The summed E-state index contributed by atoms with van der Waals surface area (Å²) in [6.45, 7) is -0.470. The topological polar surface area (TPSA) is 116 Å². The van der Waals surface area contributed by atoms with Gasteiger partial charge in [-0.1, -0.05) is 0 Å². The van der Waals surface area contributed by atoms with Gasteiger partial charge in [0.25, 0.3) is 0 Å². The van der Waals surface area contributed by atoms with Crippen molar-refractivity contribution in [3.05, 3.63) is 0 Å². The first-order chi connectivity index (χ1) is 5.57. The normalized spacial score (nSPS) is 49.2. The van der Waals surface area contributed by atoms with Crippen LogP contribution in [0.15, 0.2) is 0 Å². The summed E-state index contributed by atoms with van der Waals surface area (Å²) in [4.78, 5) is 0. The van der Waals surface area contributed by atoms with Gasteiger partial charge in [-0.15, -0.1) is 0 Å². The van der Waals surface area contributed by atoms with E-state index in [4.69, 9.17) is 20.7 Å². The van der Waals surface area contributed by atoms with Crippen LogP contribution < -0.4 is 5.73 Å². The predicted octanol–water partition coefficient (Wildman–Crippen LogP) is -3.25. The van der Waals surface area contributed by atoms with Gasteiger partial charge in [0.1, 0.15) is 18.3 Å². The molecule has 1 aliphatic heterocycles. The second-order valence-corrected chi connectivity index (χ2v) is 2.81. The summed E-state index contributed by atoms with van der Waals surface area (Å²) in [5.41, 5.74) is 5.26. The second kappa shape index (κ2) is 3.65. The lowest BCUT2D eigenvalue weighted by atomic mass is 9.99. The van der Waals surface area contributed by atoms with Crippen molar-refractivity contribution in [1.29, 1.82) is 0 Å². The first-order valence-corrected chi connectivity index (χ1v) is 3.64. The first-order valence-electron chi connectivity index (χ1n) is 3.64. The van der Waals surface area contributed by atoms with E-state index in [2.05, 4.69) is 0 Å². The first kappa shape index (κ1) is 9.85. The molecule has 1 unspecified atom stereocenters. The van der Waals surface area contributed by atoms with Gasteiger partial charge < -0.3 is 30.9 Å². The molecule has 72 valence electrons. The molecule has 0 aromatic heterocycles. The molecular formula is C6H13NO5. The van der Waals surface area contributed by atoms with Crippen LogP contribution in [-0.2, 0) is 4.74 Å². The molecule has 0 saturated carbocycles. The van der Waals surface area contributed by atoms with Crippen molar-refractivity contribution in [2.45, 2.75) is 30.6 Å². The molecule has 6 N–H and O–H groups in total. The molecule has 1 saturated heterocycles. The Morgan fingerprint density at radius 1 is 1.17 bits per heavy atom. The molecule has 1 heterocycles. The molecule has 0 aliphatic carbocycles. The van der Waals surface area contributed by atoms with Crippen LogP contribution in [0.1, 0.15) is 0 Å². The zero-order valence-corrected chi connectivity index (χ0v) is 6.37. The Bertz CT molecular complexity index is 150. The van der Waals surface area contributed by atoms with E-state index < -0.39 is 37.3 Å². The van der Waals surface area contributed by atoms with Gasteiger partial charge in [-0.25, -0.2) is 0 Å². The van der Waals surface area contributed by atoms with E-state index >= 15 is 0 Å². The third kappa shape index (κ3) is 1.58. The van der Waals surface area contributed by atoms with Gasteiger partial charge in [-0.3, -0.25) is 0 Å². The number of nitrogens with two attached hydrogens (primary N) is 1. The van der Waals surface area contributed by atoms with E-state index in [1.165, 1.54) is 0 Å². The SMILES string of the molecule is [15NH2][C@H]1C(O)O[C@H](CO)[C@@H](O)[C@@H]1O. The zero-order valence-electron chi connectivity index (χ0n) is 6.37. The van der Waals surface area contributed by atoms with Crippen molar-refractivity contribution in [3.8, 4) is 0 Å². The van der Waals surface area contributed by atoms with Crippen LogP contribution in [0, 0.1) is 0 Å². The summed E-state index contributed by atoms with van der Waals surface area (Å²) in [6.07, 6.45) is -4.85. The van der Waals surface area contributed by atoms with Crippen LogP contribution in [-0.4, -0.2) is 57.7 Å².